The SMILES string of the molecule is CCOc1ccccc1OCC(=O)OCC(=O)N(CC)Cc1cccc(F)c1. The molecule has 0 fully saturated rings. The smallest absolute Gasteiger partial charge is 0.344 e. The zero-order valence-corrected chi connectivity index (χ0v) is 16.0. The largest absolute Gasteiger partial charge is 0.490 e. The number of halogens is 1. The Morgan fingerprint density at radius 1 is 0.964 bits per heavy atom. The summed E-state index contributed by atoms with van der Waals surface area (Å²) in [5.74, 6) is -0.441. The van der Waals surface area contributed by atoms with Crippen molar-refractivity contribution in [1.29, 1.82) is 0 Å². The lowest BCUT2D eigenvalue weighted by Gasteiger charge is -2.21. The highest BCUT2D eigenvalue weighted by Crippen LogP contribution is 2.26. The third-order valence-corrected chi connectivity index (χ3v) is 3.85. The standard InChI is InChI=1S/C21H24FNO5/c1-3-23(13-16-8-7-9-17(22)12-16)20(24)14-28-21(25)15-27-19-11-6-5-10-18(19)26-4-2/h5-12H,3-4,13-15H2,1-2H3. The van der Waals surface area contributed by atoms with Crippen LogP contribution in [0, 0.1) is 5.82 Å². The molecule has 0 saturated carbocycles. The first kappa shape index (κ1) is 21.2. The van der Waals surface area contributed by atoms with Gasteiger partial charge in [0.25, 0.3) is 5.91 Å². The van der Waals surface area contributed by atoms with Crippen molar-refractivity contribution in [1.82, 2.24) is 4.90 Å². The molecule has 0 aliphatic carbocycles. The van der Waals surface area contributed by atoms with Gasteiger partial charge in [-0.3, -0.25) is 4.79 Å². The Bertz CT molecular complexity index is 796. The first-order valence-electron chi connectivity index (χ1n) is 9.06. The van der Waals surface area contributed by atoms with E-state index in [0.717, 1.165) is 0 Å². The second-order valence-corrected chi connectivity index (χ2v) is 5.87. The molecule has 1 amide bonds. The molecule has 0 aromatic heterocycles. The molecule has 0 aliphatic heterocycles. The van der Waals surface area contributed by atoms with Gasteiger partial charge in [0.05, 0.1) is 6.61 Å². The van der Waals surface area contributed by atoms with Crippen LogP contribution in [0.15, 0.2) is 48.5 Å². The van der Waals surface area contributed by atoms with Gasteiger partial charge < -0.3 is 19.1 Å². The molecule has 0 bridgehead atoms. The number of ether oxygens (including phenoxy) is 3. The summed E-state index contributed by atoms with van der Waals surface area (Å²) in [6.45, 7) is 4.02. The molecule has 2 rings (SSSR count). The molecule has 0 spiro atoms. The number of hydrogen-bond acceptors (Lipinski definition) is 5. The molecule has 2 aromatic rings. The van der Waals surface area contributed by atoms with Gasteiger partial charge in [-0.05, 0) is 43.7 Å². The Kier molecular flexibility index (Phi) is 8.27. The van der Waals surface area contributed by atoms with Crippen molar-refractivity contribution in [3.8, 4) is 11.5 Å². The van der Waals surface area contributed by atoms with Gasteiger partial charge >= 0.3 is 5.97 Å². The van der Waals surface area contributed by atoms with Crippen LogP contribution in [0.25, 0.3) is 0 Å². The van der Waals surface area contributed by atoms with E-state index in [2.05, 4.69) is 0 Å². The second kappa shape index (κ2) is 10.9. The van der Waals surface area contributed by atoms with Crippen molar-refractivity contribution in [2.24, 2.45) is 0 Å². The summed E-state index contributed by atoms with van der Waals surface area (Å²) in [7, 11) is 0. The van der Waals surface area contributed by atoms with Crippen LogP contribution in [-0.2, 0) is 20.9 Å². The van der Waals surface area contributed by atoms with Gasteiger partial charge in [-0.2, -0.15) is 0 Å². The number of carbonyl (C=O) groups is 2. The minimum atomic E-state index is -0.665. The van der Waals surface area contributed by atoms with Crippen molar-refractivity contribution >= 4 is 11.9 Å². The molecule has 7 heteroatoms. The van der Waals surface area contributed by atoms with Gasteiger partial charge in [-0.25, -0.2) is 9.18 Å². The van der Waals surface area contributed by atoms with Crippen molar-refractivity contribution < 1.29 is 28.2 Å². The molecule has 150 valence electrons. The van der Waals surface area contributed by atoms with E-state index in [9.17, 15) is 14.0 Å². The number of rotatable bonds is 10. The fourth-order valence-corrected chi connectivity index (χ4v) is 2.49. The number of carbonyl (C=O) groups excluding carboxylic acids is 2. The van der Waals surface area contributed by atoms with Crippen LogP contribution in [0.2, 0.25) is 0 Å². The van der Waals surface area contributed by atoms with E-state index < -0.39 is 12.6 Å². The first-order chi connectivity index (χ1) is 13.5. The number of likely N-dealkylation sites (N-methyl/N-ethyl adjacent to an activating group) is 1. The van der Waals surface area contributed by atoms with Gasteiger partial charge in [0.1, 0.15) is 5.82 Å². The van der Waals surface area contributed by atoms with Crippen molar-refractivity contribution in [2.45, 2.75) is 20.4 Å². The van der Waals surface area contributed by atoms with Gasteiger partial charge in [-0.1, -0.05) is 24.3 Å². The Labute approximate surface area is 163 Å². The molecule has 28 heavy (non-hydrogen) atoms. The molecule has 0 radical (unpaired) electrons. The molecule has 0 atom stereocenters. The summed E-state index contributed by atoms with van der Waals surface area (Å²) < 4.78 is 29.1. The van der Waals surface area contributed by atoms with Crippen molar-refractivity contribution in [3.05, 3.63) is 59.9 Å². The zero-order valence-electron chi connectivity index (χ0n) is 16.0. The molecular weight excluding hydrogens is 365 g/mol. The van der Waals surface area contributed by atoms with Crippen LogP contribution < -0.4 is 9.47 Å². The zero-order chi connectivity index (χ0) is 20.4. The van der Waals surface area contributed by atoms with E-state index in [1.807, 2.05) is 6.92 Å². The number of esters is 1. The molecule has 0 unspecified atom stereocenters. The van der Waals surface area contributed by atoms with Crippen LogP contribution >= 0.6 is 0 Å². The van der Waals surface area contributed by atoms with E-state index in [-0.39, 0.29) is 24.9 Å². The quantitative estimate of drug-likeness (QED) is 0.584. The predicted octanol–water partition coefficient (Wildman–Crippen LogP) is 3.20. The fraction of sp³-hybridized carbons (Fsp3) is 0.333. The molecule has 0 N–H and O–H groups in total. The average molecular weight is 389 g/mol. The Balaban J connectivity index is 1.81. The minimum absolute atomic E-state index is 0.239. The highest BCUT2D eigenvalue weighted by Gasteiger charge is 2.16. The van der Waals surface area contributed by atoms with Gasteiger partial charge in [0.15, 0.2) is 24.7 Å². The van der Waals surface area contributed by atoms with Crippen LogP contribution in [-0.4, -0.2) is 43.1 Å². The highest BCUT2D eigenvalue weighted by atomic mass is 19.1. The van der Waals surface area contributed by atoms with E-state index >= 15 is 0 Å². The molecule has 0 saturated heterocycles. The lowest BCUT2D eigenvalue weighted by Crippen LogP contribution is -2.34. The molecule has 2 aromatic carbocycles. The Morgan fingerprint density at radius 3 is 2.32 bits per heavy atom. The highest BCUT2D eigenvalue weighted by molar-refractivity contribution is 5.81. The van der Waals surface area contributed by atoms with Gasteiger partial charge in [0, 0.05) is 13.1 Å². The summed E-state index contributed by atoms with van der Waals surface area (Å²) in [6, 6.07) is 13.0. The summed E-state index contributed by atoms with van der Waals surface area (Å²) in [4.78, 5) is 25.7. The number of nitrogens with zero attached hydrogens (tertiary/aromatic N) is 1. The second-order valence-electron chi connectivity index (χ2n) is 5.87. The van der Waals surface area contributed by atoms with E-state index in [1.165, 1.54) is 17.0 Å². The third-order valence-electron chi connectivity index (χ3n) is 3.85. The van der Waals surface area contributed by atoms with E-state index in [4.69, 9.17) is 14.2 Å². The molecule has 0 aliphatic rings. The lowest BCUT2D eigenvalue weighted by atomic mass is 10.2. The van der Waals surface area contributed by atoms with E-state index in [0.29, 0.717) is 30.2 Å². The summed E-state index contributed by atoms with van der Waals surface area (Å²) in [5.41, 5.74) is 0.664. The first-order valence-corrected chi connectivity index (χ1v) is 9.06. The Hall–Kier alpha value is -3.09. The normalized spacial score (nSPS) is 10.2. The number of para-hydroxylation sites is 2. The maximum Gasteiger partial charge on any atom is 0.344 e. The van der Waals surface area contributed by atoms with Gasteiger partial charge in [-0.15, -0.1) is 0 Å². The molecule has 6 nitrogen and oxygen atoms in total. The topological polar surface area (TPSA) is 65.1 Å². The van der Waals surface area contributed by atoms with Crippen molar-refractivity contribution in [3.63, 3.8) is 0 Å². The number of benzene rings is 2. The number of hydrogen-bond donors (Lipinski definition) is 0. The lowest BCUT2D eigenvalue weighted by molar-refractivity contribution is -0.153. The third kappa shape index (κ3) is 6.57. The van der Waals surface area contributed by atoms with Crippen LogP contribution in [0.5, 0.6) is 11.5 Å². The number of amides is 1. The van der Waals surface area contributed by atoms with Crippen LogP contribution in [0.4, 0.5) is 4.39 Å². The maximum absolute atomic E-state index is 13.3. The van der Waals surface area contributed by atoms with E-state index in [1.54, 1.807) is 43.3 Å². The summed E-state index contributed by atoms with van der Waals surface area (Å²) in [6.07, 6.45) is 0. The Morgan fingerprint density at radius 2 is 1.68 bits per heavy atom. The van der Waals surface area contributed by atoms with Crippen LogP contribution in [0.1, 0.15) is 19.4 Å². The van der Waals surface area contributed by atoms with Crippen molar-refractivity contribution in [2.75, 3.05) is 26.4 Å². The molecular formula is C21H24FNO5. The van der Waals surface area contributed by atoms with Gasteiger partial charge in [0.2, 0.25) is 0 Å². The monoisotopic (exact) mass is 389 g/mol. The maximum atomic E-state index is 13.3. The minimum Gasteiger partial charge on any atom is -0.490 e. The van der Waals surface area contributed by atoms with Crippen LogP contribution in [0.3, 0.4) is 0 Å². The fourth-order valence-electron chi connectivity index (χ4n) is 2.49. The summed E-state index contributed by atoms with van der Waals surface area (Å²) in [5, 5.41) is 0. The molecule has 0 heterocycles. The predicted molar refractivity (Wildman–Crippen MR) is 102 cm³/mol. The summed E-state index contributed by atoms with van der Waals surface area (Å²) >= 11 is 0. The average Bonchev–Trinajstić information content (AvgIpc) is 2.70.